The molecule has 0 bridgehead atoms. The summed E-state index contributed by atoms with van der Waals surface area (Å²) in [5.41, 5.74) is 2.78. The molecule has 0 radical (unpaired) electrons. The Morgan fingerprint density at radius 3 is 2.44 bits per heavy atom. The average molecular weight is 247 g/mol. The van der Waals surface area contributed by atoms with E-state index in [0.717, 1.165) is 38.9 Å². The molecule has 18 heavy (non-hydrogen) atoms. The Morgan fingerprint density at radius 2 is 1.89 bits per heavy atom. The van der Waals surface area contributed by atoms with Gasteiger partial charge in [0.2, 0.25) is 0 Å². The Balaban J connectivity index is 1.93. The lowest BCUT2D eigenvalue weighted by Crippen LogP contribution is -2.36. The minimum Gasteiger partial charge on any atom is -0.481 e. The van der Waals surface area contributed by atoms with Crippen molar-refractivity contribution in [2.45, 2.75) is 32.7 Å². The summed E-state index contributed by atoms with van der Waals surface area (Å²) in [6.45, 7) is 4.93. The van der Waals surface area contributed by atoms with E-state index in [1.807, 2.05) is 0 Å². The van der Waals surface area contributed by atoms with Crippen LogP contribution in [-0.4, -0.2) is 29.1 Å². The molecule has 0 saturated carbocycles. The van der Waals surface area contributed by atoms with E-state index in [-0.39, 0.29) is 5.92 Å². The predicted octanol–water partition coefficient (Wildman–Crippen LogP) is 2.55. The van der Waals surface area contributed by atoms with Gasteiger partial charge < -0.3 is 5.11 Å². The van der Waals surface area contributed by atoms with Gasteiger partial charge in [-0.2, -0.15) is 0 Å². The molecule has 98 valence electrons. The summed E-state index contributed by atoms with van der Waals surface area (Å²) in [6.07, 6.45) is 2.62. The van der Waals surface area contributed by atoms with Gasteiger partial charge in [-0.3, -0.25) is 9.69 Å². The first-order valence-electron chi connectivity index (χ1n) is 6.72. The van der Waals surface area contributed by atoms with Gasteiger partial charge in [-0.15, -0.1) is 0 Å². The van der Waals surface area contributed by atoms with Crippen LogP contribution in [0, 0.1) is 5.92 Å². The smallest absolute Gasteiger partial charge is 0.306 e. The predicted molar refractivity (Wildman–Crippen MR) is 71.5 cm³/mol. The molecule has 1 aliphatic heterocycles. The third kappa shape index (κ3) is 3.10. The highest BCUT2D eigenvalue weighted by Crippen LogP contribution is 2.20. The van der Waals surface area contributed by atoms with Crippen molar-refractivity contribution < 1.29 is 9.90 Å². The van der Waals surface area contributed by atoms with E-state index in [4.69, 9.17) is 5.11 Å². The molecule has 0 aromatic heterocycles. The van der Waals surface area contributed by atoms with Crippen LogP contribution in [0.25, 0.3) is 0 Å². The fourth-order valence-corrected chi connectivity index (χ4v) is 2.64. The van der Waals surface area contributed by atoms with Crippen molar-refractivity contribution in [2.24, 2.45) is 5.92 Å². The van der Waals surface area contributed by atoms with E-state index in [1.165, 1.54) is 11.1 Å². The monoisotopic (exact) mass is 247 g/mol. The third-order valence-corrected chi connectivity index (χ3v) is 3.83. The van der Waals surface area contributed by atoms with Crippen LogP contribution in [0.2, 0.25) is 0 Å². The van der Waals surface area contributed by atoms with Crippen molar-refractivity contribution in [2.75, 3.05) is 13.1 Å². The molecule has 2 rings (SSSR count). The van der Waals surface area contributed by atoms with Crippen LogP contribution in [-0.2, 0) is 17.8 Å². The van der Waals surface area contributed by atoms with E-state index in [9.17, 15) is 4.79 Å². The van der Waals surface area contributed by atoms with Gasteiger partial charge in [0.25, 0.3) is 0 Å². The van der Waals surface area contributed by atoms with Gasteiger partial charge in [-0.05, 0) is 43.5 Å². The molecule has 1 fully saturated rings. The molecule has 0 spiro atoms. The van der Waals surface area contributed by atoms with Crippen LogP contribution in [0.4, 0.5) is 0 Å². The normalized spacial score (nSPS) is 17.8. The van der Waals surface area contributed by atoms with Gasteiger partial charge in [0.1, 0.15) is 0 Å². The highest BCUT2D eigenvalue weighted by molar-refractivity contribution is 5.70. The Morgan fingerprint density at radius 1 is 1.28 bits per heavy atom. The van der Waals surface area contributed by atoms with Crippen molar-refractivity contribution in [3.05, 3.63) is 35.4 Å². The maximum Gasteiger partial charge on any atom is 0.306 e. The lowest BCUT2D eigenvalue weighted by Gasteiger charge is -2.30. The third-order valence-electron chi connectivity index (χ3n) is 3.83. The quantitative estimate of drug-likeness (QED) is 0.889. The molecule has 3 heteroatoms. The van der Waals surface area contributed by atoms with Gasteiger partial charge in [-0.1, -0.05) is 31.2 Å². The molecule has 3 nitrogen and oxygen atoms in total. The summed E-state index contributed by atoms with van der Waals surface area (Å²) in [5.74, 6) is -0.772. The molecule has 0 amide bonds. The zero-order chi connectivity index (χ0) is 13.0. The largest absolute Gasteiger partial charge is 0.481 e. The number of nitrogens with zero attached hydrogens (tertiary/aromatic N) is 1. The Bertz CT molecular complexity index is 409. The molecule has 1 aliphatic rings. The topological polar surface area (TPSA) is 40.5 Å². The van der Waals surface area contributed by atoms with E-state index in [0.29, 0.717) is 0 Å². The number of benzene rings is 1. The number of aliphatic carboxylic acids is 1. The van der Waals surface area contributed by atoms with Crippen molar-refractivity contribution in [1.29, 1.82) is 0 Å². The van der Waals surface area contributed by atoms with Gasteiger partial charge in [0.15, 0.2) is 0 Å². The van der Waals surface area contributed by atoms with Crippen LogP contribution < -0.4 is 0 Å². The first-order chi connectivity index (χ1) is 8.70. The summed E-state index contributed by atoms with van der Waals surface area (Å²) in [4.78, 5) is 13.3. The molecular formula is C15H21NO2. The van der Waals surface area contributed by atoms with Crippen LogP contribution in [0.15, 0.2) is 24.3 Å². The average Bonchev–Trinajstić information content (AvgIpc) is 2.40. The molecule has 0 aliphatic carbocycles. The molecular weight excluding hydrogens is 226 g/mol. The first-order valence-corrected chi connectivity index (χ1v) is 6.72. The SMILES string of the molecule is CCc1ccccc1CN1CCC(C(=O)O)CC1. The number of aryl methyl sites for hydroxylation is 1. The fraction of sp³-hybridized carbons (Fsp3) is 0.533. The van der Waals surface area contributed by atoms with Crippen molar-refractivity contribution >= 4 is 5.97 Å². The number of rotatable bonds is 4. The molecule has 0 atom stereocenters. The summed E-state index contributed by atoms with van der Waals surface area (Å²) < 4.78 is 0. The number of likely N-dealkylation sites (tertiary alicyclic amines) is 1. The van der Waals surface area contributed by atoms with Crippen LogP contribution >= 0.6 is 0 Å². The number of piperidine rings is 1. The molecule has 1 aromatic carbocycles. The Kier molecular flexibility index (Phi) is 4.37. The zero-order valence-electron chi connectivity index (χ0n) is 10.9. The summed E-state index contributed by atoms with van der Waals surface area (Å²) in [6, 6.07) is 8.53. The van der Waals surface area contributed by atoms with Crippen LogP contribution in [0.3, 0.4) is 0 Å². The standard InChI is InChI=1S/C15H21NO2/c1-2-12-5-3-4-6-14(12)11-16-9-7-13(8-10-16)15(17)18/h3-6,13H,2,7-11H2,1H3,(H,17,18). The highest BCUT2D eigenvalue weighted by atomic mass is 16.4. The van der Waals surface area contributed by atoms with Gasteiger partial charge in [0, 0.05) is 6.54 Å². The zero-order valence-corrected chi connectivity index (χ0v) is 10.9. The second kappa shape index (κ2) is 6.01. The van der Waals surface area contributed by atoms with Crippen LogP contribution in [0.1, 0.15) is 30.9 Å². The highest BCUT2D eigenvalue weighted by Gasteiger charge is 2.24. The van der Waals surface area contributed by atoms with Crippen LogP contribution in [0.5, 0.6) is 0 Å². The van der Waals surface area contributed by atoms with E-state index in [2.05, 4.69) is 36.1 Å². The summed E-state index contributed by atoms with van der Waals surface area (Å²) >= 11 is 0. The minimum absolute atomic E-state index is 0.136. The second-order valence-electron chi connectivity index (χ2n) is 5.01. The molecule has 1 saturated heterocycles. The Labute approximate surface area is 108 Å². The lowest BCUT2D eigenvalue weighted by molar-refractivity contribution is -0.143. The van der Waals surface area contributed by atoms with Gasteiger partial charge >= 0.3 is 5.97 Å². The maximum atomic E-state index is 10.9. The molecule has 1 N–H and O–H groups in total. The fourth-order valence-electron chi connectivity index (χ4n) is 2.64. The van der Waals surface area contributed by atoms with Gasteiger partial charge in [0.05, 0.1) is 5.92 Å². The number of hydrogen-bond acceptors (Lipinski definition) is 2. The summed E-state index contributed by atoms with van der Waals surface area (Å²) in [5, 5.41) is 8.98. The number of hydrogen-bond donors (Lipinski definition) is 1. The molecule has 1 aromatic rings. The van der Waals surface area contributed by atoms with E-state index in [1.54, 1.807) is 0 Å². The minimum atomic E-state index is -0.636. The van der Waals surface area contributed by atoms with E-state index >= 15 is 0 Å². The number of carbonyl (C=O) groups is 1. The number of carboxylic acid groups (broad SMARTS) is 1. The van der Waals surface area contributed by atoms with Crippen molar-refractivity contribution in [1.82, 2.24) is 4.90 Å². The maximum absolute atomic E-state index is 10.9. The van der Waals surface area contributed by atoms with Crippen molar-refractivity contribution in [3.63, 3.8) is 0 Å². The number of carboxylic acids is 1. The first kappa shape index (κ1) is 13.1. The molecule has 1 heterocycles. The Hall–Kier alpha value is -1.35. The van der Waals surface area contributed by atoms with E-state index < -0.39 is 5.97 Å². The second-order valence-corrected chi connectivity index (χ2v) is 5.01. The lowest BCUT2D eigenvalue weighted by atomic mass is 9.96. The van der Waals surface area contributed by atoms with Crippen molar-refractivity contribution in [3.8, 4) is 0 Å². The van der Waals surface area contributed by atoms with Gasteiger partial charge in [-0.25, -0.2) is 0 Å². The summed E-state index contributed by atoms with van der Waals surface area (Å²) in [7, 11) is 0. The molecule has 0 unspecified atom stereocenters.